The Morgan fingerprint density at radius 1 is 0.512 bits per heavy atom. The molecular formula is C34H21N5O4. The van der Waals surface area contributed by atoms with E-state index in [1.165, 1.54) is 9.58 Å². The number of fused-ring (bicyclic) bond motifs is 4. The zero-order valence-electron chi connectivity index (χ0n) is 22.5. The Labute approximate surface area is 243 Å². The molecule has 9 nitrogen and oxygen atoms in total. The summed E-state index contributed by atoms with van der Waals surface area (Å²) < 4.78 is 1.26. The van der Waals surface area contributed by atoms with Gasteiger partial charge in [0.15, 0.2) is 0 Å². The van der Waals surface area contributed by atoms with Gasteiger partial charge >= 0.3 is 0 Å². The molecular weight excluding hydrogens is 542 g/mol. The quantitative estimate of drug-likeness (QED) is 0.287. The summed E-state index contributed by atoms with van der Waals surface area (Å²) in [7, 11) is 0. The van der Waals surface area contributed by atoms with E-state index in [9.17, 15) is 19.2 Å². The van der Waals surface area contributed by atoms with Crippen LogP contribution in [-0.4, -0.2) is 31.6 Å². The van der Waals surface area contributed by atoms with Crippen molar-refractivity contribution in [2.24, 2.45) is 0 Å². The molecule has 0 saturated carbocycles. The molecule has 4 heterocycles. The number of hydrogen-bond donors (Lipinski definition) is 1. The van der Waals surface area contributed by atoms with Gasteiger partial charge in [0.2, 0.25) is 0 Å². The fourth-order valence-electron chi connectivity index (χ4n) is 5.32. The summed E-state index contributed by atoms with van der Waals surface area (Å²) in [6.07, 6.45) is 3.32. The summed E-state index contributed by atoms with van der Waals surface area (Å²) in [5, 5.41) is 5.21. The van der Waals surface area contributed by atoms with Crippen molar-refractivity contribution in [1.82, 2.24) is 19.7 Å². The van der Waals surface area contributed by atoms with Crippen molar-refractivity contribution >= 4 is 50.1 Å². The largest absolute Gasteiger partial charge is 0.277 e. The van der Waals surface area contributed by atoms with E-state index in [4.69, 9.17) is 0 Å². The molecule has 8 rings (SSSR count). The summed E-state index contributed by atoms with van der Waals surface area (Å²) >= 11 is 0. The smallest absolute Gasteiger partial charge is 0.268 e. The molecule has 0 atom stereocenters. The van der Waals surface area contributed by atoms with E-state index in [0.29, 0.717) is 44.3 Å². The second-order valence-electron chi connectivity index (χ2n) is 9.82. The normalized spacial score (nSPS) is 12.4. The molecule has 9 heteroatoms. The number of hydrogen-bond acceptors (Lipinski definition) is 6. The molecule has 43 heavy (non-hydrogen) atoms. The number of pyridine rings is 2. The van der Waals surface area contributed by atoms with Crippen molar-refractivity contribution in [3.05, 3.63) is 153 Å². The minimum absolute atomic E-state index is 0.270. The first-order valence-corrected chi connectivity index (χ1v) is 13.4. The van der Waals surface area contributed by atoms with E-state index in [1.54, 1.807) is 73.1 Å². The first kappa shape index (κ1) is 25.7. The third-order valence-corrected chi connectivity index (χ3v) is 7.32. The highest BCUT2D eigenvalue weighted by molar-refractivity contribution is 6.35. The fourth-order valence-corrected chi connectivity index (χ4v) is 5.32. The van der Waals surface area contributed by atoms with Crippen molar-refractivity contribution < 1.29 is 9.59 Å². The number of rotatable bonds is 2. The topological polar surface area (TPSA) is 118 Å². The molecule has 0 saturated heterocycles. The summed E-state index contributed by atoms with van der Waals surface area (Å²) in [5.74, 6) is -0.595. The van der Waals surface area contributed by atoms with E-state index < -0.39 is 0 Å². The molecule has 7 aromatic rings. The average molecular weight is 564 g/mol. The van der Waals surface area contributed by atoms with Gasteiger partial charge in [-0.2, -0.15) is 0 Å². The van der Waals surface area contributed by atoms with Crippen LogP contribution in [0.25, 0.3) is 38.3 Å². The number of H-pyrrole nitrogens is 1. The van der Waals surface area contributed by atoms with Gasteiger partial charge in [-0.3, -0.25) is 34.2 Å². The van der Waals surface area contributed by atoms with E-state index in [0.717, 1.165) is 10.8 Å². The van der Waals surface area contributed by atoms with Gasteiger partial charge in [0.25, 0.3) is 22.9 Å². The number of para-hydroxylation sites is 2. The van der Waals surface area contributed by atoms with Crippen LogP contribution in [0.2, 0.25) is 0 Å². The zero-order chi connectivity index (χ0) is 29.5. The number of carbonyl (C=O) groups excluding carboxylic acids is 2. The van der Waals surface area contributed by atoms with Crippen LogP contribution in [0, 0.1) is 0 Å². The Morgan fingerprint density at radius 3 is 1.65 bits per heavy atom. The summed E-state index contributed by atoms with van der Waals surface area (Å²) in [6.45, 7) is 0. The maximum atomic E-state index is 12.7. The summed E-state index contributed by atoms with van der Waals surface area (Å²) in [5.41, 5.74) is 2.71. The number of imide groups is 1. The van der Waals surface area contributed by atoms with Crippen LogP contribution in [0.15, 0.2) is 131 Å². The van der Waals surface area contributed by atoms with Gasteiger partial charge in [-0.15, -0.1) is 0 Å². The van der Waals surface area contributed by atoms with Gasteiger partial charge in [0, 0.05) is 23.2 Å². The Hall–Kier alpha value is -6.22. The minimum atomic E-state index is -0.303. The molecule has 0 unspecified atom stereocenters. The Bertz CT molecular complexity index is 2310. The van der Waals surface area contributed by atoms with Crippen LogP contribution >= 0.6 is 0 Å². The molecule has 1 aliphatic heterocycles. The number of anilines is 1. The molecule has 0 fully saturated rings. The van der Waals surface area contributed by atoms with Crippen LogP contribution in [0.1, 0.15) is 20.7 Å². The lowest BCUT2D eigenvalue weighted by Gasteiger charge is -2.15. The molecule has 1 aliphatic rings. The second kappa shape index (κ2) is 10.3. The molecule has 206 valence electrons. The van der Waals surface area contributed by atoms with Crippen LogP contribution in [-0.2, 0) is 0 Å². The van der Waals surface area contributed by atoms with Crippen LogP contribution in [0.5, 0.6) is 0 Å². The lowest BCUT2D eigenvalue weighted by Crippen LogP contribution is -2.29. The molecule has 2 amide bonds. The van der Waals surface area contributed by atoms with Crippen molar-refractivity contribution in [3.63, 3.8) is 0 Å². The fraction of sp³-hybridized carbons (Fsp3) is 0. The SMILES string of the molecule is O=C1c2ccccc2C(=O)N1c1cccc2cccnc12.O=c1[nH]n(-c2cccc3cccnc23)c(=O)c2ccccc12. The highest BCUT2D eigenvalue weighted by Crippen LogP contribution is 2.32. The molecule has 0 radical (unpaired) electrons. The number of benzene rings is 4. The third kappa shape index (κ3) is 4.27. The maximum Gasteiger partial charge on any atom is 0.277 e. The number of nitrogens with zero attached hydrogens (tertiary/aromatic N) is 4. The lowest BCUT2D eigenvalue weighted by molar-refractivity contribution is 0.0926. The van der Waals surface area contributed by atoms with Crippen LogP contribution in [0.3, 0.4) is 0 Å². The van der Waals surface area contributed by atoms with Crippen LogP contribution < -0.4 is 16.0 Å². The first-order valence-electron chi connectivity index (χ1n) is 13.4. The highest BCUT2D eigenvalue weighted by atomic mass is 16.2. The number of aromatic nitrogens is 4. The predicted molar refractivity (Wildman–Crippen MR) is 165 cm³/mol. The number of nitrogens with one attached hydrogen (secondary N) is 1. The van der Waals surface area contributed by atoms with E-state index in [-0.39, 0.29) is 22.9 Å². The van der Waals surface area contributed by atoms with Crippen LogP contribution in [0.4, 0.5) is 5.69 Å². The molecule has 1 N–H and O–H groups in total. The Balaban J connectivity index is 0.000000140. The molecule has 3 aromatic heterocycles. The molecule has 0 aliphatic carbocycles. The van der Waals surface area contributed by atoms with Crippen molar-refractivity contribution in [1.29, 1.82) is 0 Å². The van der Waals surface area contributed by atoms with Gasteiger partial charge in [-0.05, 0) is 48.5 Å². The summed E-state index contributed by atoms with van der Waals surface area (Å²) in [6, 6.07) is 32.1. The Kier molecular flexibility index (Phi) is 6.17. The number of carbonyl (C=O) groups is 2. The molecule has 0 spiro atoms. The Morgan fingerprint density at radius 2 is 1.02 bits per heavy atom. The van der Waals surface area contributed by atoms with Crippen molar-refractivity contribution in [2.75, 3.05) is 4.90 Å². The zero-order valence-corrected chi connectivity index (χ0v) is 22.5. The second-order valence-corrected chi connectivity index (χ2v) is 9.82. The molecule has 4 aromatic carbocycles. The van der Waals surface area contributed by atoms with Crippen molar-refractivity contribution in [2.45, 2.75) is 0 Å². The van der Waals surface area contributed by atoms with E-state index in [1.807, 2.05) is 48.5 Å². The van der Waals surface area contributed by atoms with Gasteiger partial charge in [-0.25, -0.2) is 9.58 Å². The maximum absolute atomic E-state index is 12.7. The van der Waals surface area contributed by atoms with Crippen molar-refractivity contribution in [3.8, 4) is 5.69 Å². The first-order chi connectivity index (χ1) is 21.0. The van der Waals surface area contributed by atoms with Gasteiger partial charge in [-0.1, -0.05) is 60.7 Å². The summed E-state index contributed by atoms with van der Waals surface area (Å²) in [4.78, 5) is 59.8. The molecule has 0 bridgehead atoms. The minimum Gasteiger partial charge on any atom is -0.268 e. The standard InChI is InChI=1S/C17H11N3O2.C17H10N2O2/c21-16-12-7-1-2-8-13(12)17(22)20(19-16)14-9-3-5-11-6-4-10-18-15(11)14;20-16-12-7-1-2-8-13(12)17(21)19(16)14-9-3-5-11-6-4-10-18-15(11)14/h1-10H,(H,19,21);1-10H. The predicted octanol–water partition coefficient (Wildman–Crippen LogP) is 5.26. The van der Waals surface area contributed by atoms with Gasteiger partial charge in [0.1, 0.15) is 0 Å². The lowest BCUT2D eigenvalue weighted by atomic mass is 10.1. The average Bonchev–Trinajstić information content (AvgIpc) is 3.31. The highest BCUT2D eigenvalue weighted by Gasteiger charge is 2.37. The van der Waals surface area contributed by atoms with E-state index in [2.05, 4.69) is 15.1 Å². The number of amides is 2. The van der Waals surface area contributed by atoms with Gasteiger partial charge < -0.3 is 0 Å². The van der Waals surface area contributed by atoms with Gasteiger partial charge in [0.05, 0.1) is 44.3 Å². The third-order valence-electron chi connectivity index (χ3n) is 7.32. The monoisotopic (exact) mass is 563 g/mol. The van der Waals surface area contributed by atoms with E-state index >= 15 is 0 Å². The number of aromatic amines is 1.